The minimum absolute atomic E-state index is 0.515. The lowest BCUT2D eigenvalue weighted by Gasteiger charge is -2.24. The van der Waals surface area contributed by atoms with Crippen molar-refractivity contribution in [2.75, 3.05) is 26.3 Å². The van der Waals surface area contributed by atoms with Crippen LogP contribution < -0.4 is 10.6 Å². The molecule has 106 valence electrons. The van der Waals surface area contributed by atoms with Crippen LogP contribution >= 0.6 is 0 Å². The van der Waals surface area contributed by atoms with Crippen LogP contribution in [0.5, 0.6) is 0 Å². The van der Waals surface area contributed by atoms with Crippen LogP contribution in [0.25, 0.3) is 0 Å². The summed E-state index contributed by atoms with van der Waals surface area (Å²) in [6, 6.07) is 5.04. The number of hydrogen-bond donors (Lipinski definition) is 2. The standard InChI is InChI=1S/C16H26N2O/c1-12-8-13(2)16(14(3)9-12)10-17-5-4-15-11-19-7-6-18-15/h8-9,15,17-18H,4-7,10-11H2,1-3H3. The average molecular weight is 262 g/mol. The summed E-state index contributed by atoms with van der Waals surface area (Å²) in [5, 5.41) is 7.04. The van der Waals surface area contributed by atoms with Crippen LogP contribution in [0.3, 0.4) is 0 Å². The fourth-order valence-electron chi connectivity index (χ4n) is 2.78. The molecule has 2 N–H and O–H groups in total. The predicted octanol–water partition coefficient (Wildman–Crippen LogP) is 2.08. The molecule has 1 aliphatic heterocycles. The smallest absolute Gasteiger partial charge is 0.0620 e. The highest BCUT2D eigenvalue weighted by molar-refractivity contribution is 5.37. The molecule has 0 saturated carbocycles. The van der Waals surface area contributed by atoms with Gasteiger partial charge in [0.05, 0.1) is 13.2 Å². The fourth-order valence-corrected chi connectivity index (χ4v) is 2.78. The Morgan fingerprint density at radius 1 is 1.26 bits per heavy atom. The van der Waals surface area contributed by atoms with E-state index in [4.69, 9.17) is 4.74 Å². The van der Waals surface area contributed by atoms with Gasteiger partial charge < -0.3 is 15.4 Å². The summed E-state index contributed by atoms with van der Waals surface area (Å²) in [7, 11) is 0. The minimum atomic E-state index is 0.515. The quantitative estimate of drug-likeness (QED) is 0.797. The molecule has 0 aliphatic carbocycles. The third-order valence-corrected chi connectivity index (χ3v) is 3.81. The Hall–Kier alpha value is -0.900. The van der Waals surface area contributed by atoms with Crippen LogP contribution in [0.15, 0.2) is 12.1 Å². The third kappa shape index (κ3) is 4.30. The number of nitrogens with one attached hydrogen (secondary N) is 2. The average Bonchev–Trinajstić information content (AvgIpc) is 2.38. The van der Waals surface area contributed by atoms with Crippen LogP contribution in [0.1, 0.15) is 28.7 Å². The Morgan fingerprint density at radius 3 is 2.63 bits per heavy atom. The van der Waals surface area contributed by atoms with E-state index in [0.717, 1.165) is 39.3 Å². The minimum Gasteiger partial charge on any atom is -0.379 e. The topological polar surface area (TPSA) is 33.3 Å². The molecule has 0 aromatic heterocycles. The molecule has 1 fully saturated rings. The van der Waals surface area contributed by atoms with E-state index >= 15 is 0 Å². The van der Waals surface area contributed by atoms with E-state index in [-0.39, 0.29) is 0 Å². The zero-order chi connectivity index (χ0) is 13.7. The first-order valence-electron chi connectivity index (χ1n) is 7.25. The van der Waals surface area contributed by atoms with Crippen molar-refractivity contribution in [2.24, 2.45) is 0 Å². The Bertz CT molecular complexity index is 388. The van der Waals surface area contributed by atoms with Crippen molar-refractivity contribution in [1.82, 2.24) is 10.6 Å². The molecule has 0 bridgehead atoms. The zero-order valence-electron chi connectivity index (χ0n) is 12.4. The van der Waals surface area contributed by atoms with E-state index in [1.54, 1.807) is 0 Å². The highest BCUT2D eigenvalue weighted by Crippen LogP contribution is 2.16. The van der Waals surface area contributed by atoms with Crippen LogP contribution in [0, 0.1) is 20.8 Å². The molecule has 2 rings (SSSR count). The predicted molar refractivity (Wildman–Crippen MR) is 79.6 cm³/mol. The number of morpholine rings is 1. The number of rotatable bonds is 5. The lowest BCUT2D eigenvalue weighted by molar-refractivity contribution is 0.0742. The van der Waals surface area contributed by atoms with Gasteiger partial charge in [-0.15, -0.1) is 0 Å². The van der Waals surface area contributed by atoms with Crippen molar-refractivity contribution in [3.05, 3.63) is 34.4 Å². The van der Waals surface area contributed by atoms with Crippen LogP contribution in [0.4, 0.5) is 0 Å². The van der Waals surface area contributed by atoms with Crippen molar-refractivity contribution in [3.8, 4) is 0 Å². The van der Waals surface area contributed by atoms with Gasteiger partial charge in [-0.05, 0) is 50.4 Å². The van der Waals surface area contributed by atoms with Crippen molar-refractivity contribution < 1.29 is 4.74 Å². The molecular formula is C16H26N2O. The Kier molecular flexibility index (Phi) is 5.37. The van der Waals surface area contributed by atoms with Gasteiger partial charge >= 0.3 is 0 Å². The summed E-state index contributed by atoms with van der Waals surface area (Å²) < 4.78 is 5.46. The largest absolute Gasteiger partial charge is 0.379 e. The van der Waals surface area contributed by atoms with E-state index < -0.39 is 0 Å². The van der Waals surface area contributed by atoms with E-state index in [2.05, 4.69) is 43.5 Å². The van der Waals surface area contributed by atoms with Gasteiger partial charge in [0.25, 0.3) is 0 Å². The first-order valence-corrected chi connectivity index (χ1v) is 7.25. The van der Waals surface area contributed by atoms with E-state index in [9.17, 15) is 0 Å². The first kappa shape index (κ1) is 14.5. The van der Waals surface area contributed by atoms with Gasteiger partial charge in [0.1, 0.15) is 0 Å². The van der Waals surface area contributed by atoms with Gasteiger partial charge in [-0.3, -0.25) is 0 Å². The first-order chi connectivity index (χ1) is 9.16. The SMILES string of the molecule is Cc1cc(C)c(CNCCC2COCCN2)c(C)c1. The Labute approximate surface area is 116 Å². The van der Waals surface area contributed by atoms with Crippen molar-refractivity contribution >= 4 is 0 Å². The molecule has 3 nitrogen and oxygen atoms in total. The zero-order valence-corrected chi connectivity index (χ0v) is 12.4. The van der Waals surface area contributed by atoms with E-state index in [0.29, 0.717) is 6.04 Å². The van der Waals surface area contributed by atoms with Gasteiger partial charge in [-0.1, -0.05) is 17.7 Å². The van der Waals surface area contributed by atoms with E-state index in [1.807, 2.05) is 0 Å². The lowest BCUT2D eigenvalue weighted by atomic mass is 10.00. The summed E-state index contributed by atoms with van der Waals surface area (Å²) in [6.07, 6.45) is 1.13. The van der Waals surface area contributed by atoms with Crippen LogP contribution in [0.2, 0.25) is 0 Å². The fraction of sp³-hybridized carbons (Fsp3) is 0.625. The number of benzene rings is 1. The second kappa shape index (κ2) is 7.04. The lowest BCUT2D eigenvalue weighted by Crippen LogP contribution is -2.42. The van der Waals surface area contributed by atoms with Gasteiger partial charge in [-0.2, -0.15) is 0 Å². The van der Waals surface area contributed by atoms with Gasteiger partial charge in [0.15, 0.2) is 0 Å². The molecule has 1 saturated heterocycles. The Morgan fingerprint density at radius 2 is 2.00 bits per heavy atom. The number of ether oxygens (including phenoxy) is 1. The molecule has 3 heteroatoms. The number of hydrogen-bond acceptors (Lipinski definition) is 3. The highest BCUT2D eigenvalue weighted by Gasteiger charge is 2.12. The molecule has 1 heterocycles. The molecular weight excluding hydrogens is 236 g/mol. The molecule has 1 atom stereocenters. The van der Waals surface area contributed by atoms with Crippen molar-refractivity contribution in [3.63, 3.8) is 0 Å². The molecule has 1 aliphatic rings. The van der Waals surface area contributed by atoms with Crippen molar-refractivity contribution in [2.45, 2.75) is 39.8 Å². The molecule has 19 heavy (non-hydrogen) atoms. The second-order valence-electron chi connectivity index (χ2n) is 5.57. The monoisotopic (exact) mass is 262 g/mol. The Balaban J connectivity index is 1.76. The summed E-state index contributed by atoms with van der Waals surface area (Å²) >= 11 is 0. The summed E-state index contributed by atoms with van der Waals surface area (Å²) in [6.45, 7) is 11.3. The summed E-state index contributed by atoms with van der Waals surface area (Å²) in [4.78, 5) is 0. The normalized spacial score (nSPS) is 19.6. The summed E-state index contributed by atoms with van der Waals surface area (Å²) in [5.74, 6) is 0. The maximum absolute atomic E-state index is 5.46. The second-order valence-corrected chi connectivity index (χ2v) is 5.57. The van der Waals surface area contributed by atoms with E-state index in [1.165, 1.54) is 22.3 Å². The maximum Gasteiger partial charge on any atom is 0.0620 e. The molecule has 1 aromatic carbocycles. The van der Waals surface area contributed by atoms with Gasteiger partial charge in [0, 0.05) is 19.1 Å². The third-order valence-electron chi connectivity index (χ3n) is 3.81. The van der Waals surface area contributed by atoms with Crippen LogP contribution in [-0.4, -0.2) is 32.3 Å². The van der Waals surface area contributed by atoms with Gasteiger partial charge in [0.2, 0.25) is 0 Å². The molecule has 0 radical (unpaired) electrons. The molecule has 0 spiro atoms. The molecule has 0 amide bonds. The van der Waals surface area contributed by atoms with Gasteiger partial charge in [-0.25, -0.2) is 0 Å². The van der Waals surface area contributed by atoms with Crippen LogP contribution in [-0.2, 0) is 11.3 Å². The summed E-state index contributed by atoms with van der Waals surface area (Å²) in [5.41, 5.74) is 5.58. The number of aryl methyl sites for hydroxylation is 3. The van der Waals surface area contributed by atoms with Crippen molar-refractivity contribution in [1.29, 1.82) is 0 Å². The molecule has 1 unspecified atom stereocenters. The maximum atomic E-state index is 5.46. The molecule has 1 aromatic rings. The highest BCUT2D eigenvalue weighted by atomic mass is 16.5.